The van der Waals surface area contributed by atoms with E-state index in [-0.39, 0.29) is 23.9 Å². The Morgan fingerprint density at radius 1 is 1.37 bits per heavy atom. The monoisotopic (exact) mass is 397 g/mol. The Labute approximate surface area is 165 Å². The molecule has 27 heavy (non-hydrogen) atoms. The largest absolute Gasteiger partial charge is 0.444 e. The van der Waals surface area contributed by atoms with Crippen LogP contribution in [0.3, 0.4) is 0 Å². The molecule has 2 aliphatic heterocycles. The zero-order valence-corrected chi connectivity index (χ0v) is 17.4. The van der Waals surface area contributed by atoms with Crippen LogP contribution in [-0.4, -0.2) is 47.3 Å². The molecule has 2 aliphatic rings. The van der Waals surface area contributed by atoms with E-state index in [4.69, 9.17) is 16.3 Å². The quantitative estimate of drug-likeness (QED) is 0.696. The molecule has 0 aromatic carbocycles. The number of hydrogen-bond donors (Lipinski definition) is 0. The molecular formula is C20H29ClFN3O2. The number of aromatic nitrogens is 1. The molecule has 1 amide bonds. The molecular weight excluding hydrogens is 369 g/mol. The lowest BCUT2D eigenvalue weighted by Crippen LogP contribution is -2.47. The highest BCUT2D eigenvalue weighted by Crippen LogP contribution is 2.32. The van der Waals surface area contributed by atoms with Gasteiger partial charge in [-0.2, -0.15) is 0 Å². The van der Waals surface area contributed by atoms with Crippen molar-refractivity contribution >= 4 is 23.4 Å². The Bertz CT molecular complexity index is 703. The van der Waals surface area contributed by atoms with Gasteiger partial charge in [-0.15, -0.1) is 0 Å². The van der Waals surface area contributed by atoms with Crippen molar-refractivity contribution in [2.45, 2.75) is 65.0 Å². The zero-order chi connectivity index (χ0) is 19.8. The molecule has 3 rings (SSSR count). The Balaban J connectivity index is 1.65. The maximum atomic E-state index is 14.9. The number of carbonyl (C=O) groups excluding carboxylic acids is 1. The van der Waals surface area contributed by atoms with Gasteiger partial charge in [0.2, 0.25) is 0 Å². The molecule has 0 bridgehead atoms. The van der Waals surface area contributed by atoms with Crippen LogP contribution in [0.5, 0.6) is 0 Å². The van der Waals surface area contributed by atoms with Crippen LogP contribution in [0.2, 0.25) is 5.15 Å². The number of ether oxygens (including phenoxy) is 1. The Hall–Kier alpha value is -1.56. The van der Waals surface area contributed by atoms with Crippen molar-refractivity contribution in [3.8, 4) is 0 Å². The Morgan fingerprint density at radius 3 is 2.63 bits per heavy atom. The van der Waals surface area contributed by atoms with Gasteiger partial charge in [0, 0.05) is 31.7 Å². The van der Waals surface area contributed by atoms with E-state index in [0.717, 1.165) is 32.4 Å². The number of likely N-dealkylation sites (tertiary alicyclic amines) is 1. The summed E-state index contributed by atoms with van der Waals surface area (Å²) in [5.74, 6) is 0.0183. The summed E-state index contributed by atoms with van der Waals surface area (Å²) in [6.45, 7) is 9.96. The topological polar surface area (TPSA) is 45.7 Å². The average Bonchev–Trinajstić information content (AvgIpc) is 2.48. The van der Waals surface area contributed by atoms with Crippen LogP contribution in [0.15, 0.2) is 6.07 Å². The van der Waals surface area contributed by atoms with Crippen molar-refractivity contribution in [2.75, 3.05) is 24.5 Å². The zero-order valence-electron chi connectivity index (χ0n) is 16.6. The Kier molecular flexibility index (Phi) is 5.84. The lowest BCUT2D eigenvalue weighted by atomic mass is 9.88. The first-order chi connectivity index (χ1) is 12.6. The van der Waals surface area contributed by atoms with Gasteiger partial charge in [0.25, 0.3) is 0 Å². The number of pyridine rings is 1. The number of nitrogens with zero attached hydrogens (tertiary/aromatic N) is 3. The Morgan fingerprint density at radius 2 is 2.07 bits per heavy atom. The van der Waals surface area contributed by atoms with Gasteiger partial charge in [-0.3, -0.25) is 0 Å². The number of amides is 1. The predicted molar refractivity (Wildman–Crippen MR) is 105 cm³/mol. The van der Waals surface area contributed by atoms with Crippen LogP contribution in [0.1, 0.15) is 52.7 Å². The van der Waals surface area contributed by atoms with Crippen LogP contribution in [0, 0.1) is 11.7 Å². The van der Waals surface area contributed by atoms with Crippen molar-refractivity contribution in [3.05, 3.63) is 22.7 Å². The molecule has 3 heterocycles. The maximum absolute atomic E-state index is 14.9. The number of rotatable bonds is 3. The molecule has 0 spiro atoms. The lowest BCUT2D eigenvalue weighted by Gasteiger charge is -2.38. The summed E-state index contributed by atoms with van der Waals surface area (Å²) in [6.07, 6.45) is 2.94. The third kappa shape index (κ3) is 4.84. The summed E-state index contributed by atoms with van der Waals surface area (Å²) in [4.78, 5) is 20.4. The smallest absolute Gasteiger partial charge is 0.410 e. The van der Waals surface area contributed by atoms with Gasteiger partial charge in [-0.25, -0.2) is 14.2 Å². The van der Waals surface area contributed by atoms with E-state index in [0.29, 0.717) is 29.5 Å². The van der Waals surface area contributed by atoms with E-state index in [9.17, 15) is 9.18 Å². The summed E-state index contributed by atoms with van der Waals surface area (Å²) in [5, 5.41) is 0.340. The fourth-order valence-electron chi connectivity index (χ4n) is 3.78. The molecule has 1 aromatic rings. The molecule has 2 atom stereocenters. The predicted octanol–water partition coefficient (Wildman–Crippen LogP) is 4.66. The highest BCUT2D eigenvalue weighted by Gasteiger charge is 2.33. The molecule has 0 unspecified atom stereocenters. The molecule has 0 N–H and O–H groups in total. The van der Waals surface area contributed by atoms with Crippen LogP contribution >= 0.6 is 11.6 Å². The molecule has 0 radical (unpaired) electrons. The molecule has 0 saturated carbocycles. The number of carbonyl (C=O) groups is 1. The molecule has 2 saturated heterocycles. The second-order valence-electron chi connectivity index (χ2n) is 8.68. The SMILES string of the molecule is C[C@@H]1C[C@@H](Cc2nc(Cl)cc(N3CCC3)c2F)CCN1C(=O)OC(C)(C)C. The first-order valence-electron chi connectivity index (χ1n) is 9.73. The van der Waals surface area contributed by atoms with Crippen LogP contribution < -0.4 is 4.90 Å². The van der Waals surface area contributed by atoms with Crippen molar-refractivity contribution in [3.63, 3.8) is 0 Å². The number of piperidine rings is 1. The number of hydrogen-bond acceptors (Lipinski definition) is 4. The van der Waals surface area contributed by atoms with Crippen LogP contribution in [-0.2, 0) is 11.2 Å². The van der Waals surface area contributed by atoms with Crippen LogP contribution in [0.25, 0.3) is 0 Å². The standard InChI is InChI=1S/C20H29ClFN3O2/c1-13-10-14(6-9-25(13)19(26)27-20(2,3)4)11-15-18(22)16(12-17(21)23-15)24-7-5-8-24/h12-14H,5-11H2,1-4H3/t13-,14+/m1/s1. The minimum absolute atomic E-state index is 0.0516. The molecule has 150 valence electrons. The van der Waals surface area contributed by atoms with Gasteiger partial charge in [0.1, 0.15) is 10.8 Å². The summed E-state index contributed by atoms with van der Waals surface area (Å²) in [7, 11) is 0. The van der Waals surface area contributed by atoms with E-state index in [2.05, 4.69) is 4.98 Å². The summed E-state index contributed by atoms with van der Waals surface area (Å²) < 4.78 is 20.4. The van der Waals surface area contributed by atoms with E-state index in [1.807, 2.05) is 32.6 Å². The van der Waals surface area contributed by atoms with E-state index < -0.39 is 5.60 Å². The van der Waals surface area contributed by atoms with Gasteiger partial charge in [0.05, 0.1) is 11.4 Å². The van der Waals surface area contributed by atoms with Crippen molar-refractivity contribution in [1.82, 2.24) is 9.88 Å². The fraction of sp³-hybridized carbons (Fsp3) is 0.700. The molecule has 7 heteroatoms. The molecule has 0 aliphatic carbocycles. The number of halogens is 2. The average molecular weight is 398 g/mol. The normalized spacial score (nSPS) is 23.2. The second kappa shape index (κ2) is 7.82. The highest BCUT2D eigenvalue weighted by atomic mass is 35.5. The van der Waals surface area contributed by atoms with Gasteiger partial charge >= 0.3 is 6.09 Å². The number of anilines is 1. The van der Waals surface area contributed by atoms with Crippen molar-refractivity contribution < 1.29 is 13.9 Å². The van der Waals surface area contributed by atoms with E-state index >= 15 is 0 Å². The van der Waals surface area contributed by atoms with Gasteiger partial charge in [0.15, 0.2) is 5.82 Å². The lowest BCUT2D eigenvalue weighted by molar-refractivity contribution is 0.00710. The van der Waals surface area contributed by atoms with E-state index in [1.54, 1.807) is 11.0 Å². The van der Waals surface area contributed by atoms with Crippen molar-refractivity contribution in [1.29, 1.82) is 0 Å². The first kappa shape index (κ1) is 20.2. The van der Waals surface area contributed by atoms with Crippen molar-refractivity contribution in [2.24, 2.45) is 5.92 Å². The minimum atomic E-state index is -0.505. The minimum Gasteiger partial charge on any atom is -0.444 e. The van der Waals surface area contributed by atoms with Gasteiger partial charge in [-0.05, 0) is 59.3 Å². The highest BCUT2D eigenvalue weighted by molar-refractivity contribution is 6.29. The van der Waals surface area contributed by atoms with Gasteiger partial charge in [-0.1, -0.05) is 11.6 Å². The summed E-state index contributed by atoms with van der Waals surface area (Å²) in [5.41, 5.74) is 0.497. The fourth-order valence-corrected chi connectivity index (χ4v) is 3.98. The summed E-state index contributed by atoms with van der Waals surface area (Å²) >= 11 is 6.15. The van der Waals surface area contributed by atoms with E-state index in [1.165, 1.54) is 0 Å². The third-order valence-electron chi connectivity index (χ3n) is 5.27. The van der Waals surface area contributed by atoms with Gasteiger partial charge < -0.3 is 14.5 Å². The molecule has 2 fully saturated rings. The van der Waals surface area contributed by atoms with Crippen LogP contribution in [0.4, 0.5) is 14.9 Å². The third-order valence-corrected chi connectivity index (χ3v) is 5.46. The molecule has 5 nitrogen and oxygen atoms in total. The summed E-state index contributed by atoms with van der Waals surface area (Å²) in [6, 6.07) is 1.67. The first-order valence-corrected chi connectivity index (χ1v) is 10.1. The maximum Gasteiger partial charge on any atom is 0.410 e. The molecule has 1 aromatic heterocycles. The second-order valence-corrected chi connectivity index (χ2v) is 9.07.